The molecule has 0 aromatic heterocycles. The summed E-state index contributed by atoms with van der Waals surface area (Å²) in [5.41, 5.74) is 6.55. The van der Waals surface area contributed by atoms with Crippen LogP contribution in [-0.4, -0.2) is 49.4 Å². The fourth-order valence-electron chi connectivity index (χ4n) is 2.41. The van der Waals surface area contributed by atoms with Crippen LogP contribution in [-0.2, 0) is 35.0 Å². The number of esters is 3. The first-order valence-electron chi connectivity index (χ1n) is 11.6. The largest absolute Gasteiger partial charge is 0.508 e. The van der Waals surface area contributed by atoms with Gasteiger partial charge < -0.3 is 29.4 Å². The molecule has 0 saturated heterocycles. The fourth-order valence-corrected chi connectivity index (χ4v) is 2.41. The molecule has 2 N–H and O–H groups in total. The molecule has 1 aromatic rings. The molecule has 1 aromatic carbocycles. The van der Waals surface area contributed by atoms with E-state index in [1.165, 1.54) is 12.1 Å². The quantitative estimate of drug-likeness (QED) is 0.339. The van der Waals surface area contributed by atoms with Gasteiger partial charge in [-0.2, -0.15) is 0 Å². The highest BCUT2D eigenvalue weighted by Crippen LogP contribution is 2.30. The Labute approximate surface area is 206 Å². The van der Waals surface area contributed by atoms with Crippen LogP contribution in [0.5, 0.6) is 11.5 Å². The Morgan fingerprint density at radius 3 is 1.86 bits per heavy atom. The van der Waals surface area contributed by atoms with Gasteiger partial charge in [-0.05, 0) is 37.0 Å². The van der Waals surface area contributed by atoms with Crippen molar-refractivity contribution in [1.82, 2.24) is 0 Å². The summed E-state index contributed by atoms with van der Waals surface area (Å²) in [7, 11) is 0. The first-order valence-corrected chi connectivity index (χ1v) is 11.6. The maximum atomic E-state index is 12.4. The van der Waals surface area contributed by atoms with Crippen LogP contribution >= 0.6 is 0 Å². The van der Waals surface area contributed by atoms with Crippen molar-refractivity contribution < 1.29 is 42.9 Å². The molecule has 0 aliphatic heterocycles. The summed E-state index contributed by atoms with van der Waals surface area (Å²) in [5.74, 6) is -2.16. The normalized spacial score (nSPS) is 12.8. The third-order valence-electron chi connectivity index (χ3n) is 4.42. The minimum absolute atomic E-state index is 0.0532. The molecule has 0 unspecified atom stereocenters. The Bertz CT molecular complexity index is 880. The number of hydrogen-bond acceptors (Lipinski definition) is 10. The van der Waals surface area contributed by atoms with Crippen molar-refractivity contribution in [2.45, 2.75) is 67.0 Å². The Kier molecular flexibility index (Phi) is 12.2. The SMILES string of the molecule is CC(C)COC(=O)OC[C@H](C)OC(=O)[C@@H](N)Cc1ccc(OC(=O)C(C)C)c(OC(=O)C(C)C)c1. The molecule has 196 valence electrons. The van der Waals surface area contributed by atoms with Crippen molar-refractivity contribution in [3.63, 3.8) is 0 Å². The molecule has 10 heteroatoms. The molecular formula is C25H37NO9. The molecule has 0 aliphatic carbocycles. The van der Waals surface area contributed by atoms with Crippen LogP contribution in [0, 0.1) is 17.8 Å². The lowest BCUT2D eigenvalue weighted by Crippen LogP contribution is -2.37. The van der Waals surface area contributed by atoms with E-state index in [9.17, 15) is 19.2 Å². The zero-order chi connectivity index (χ0) is 26.7. The molecule has 0 fully saturated rings. The van der Waals surface area contributed by atoms with E-state index in [2.05, 4.69) is 0 Å². The Balaban J connectivity index is 2.79. The van der Waals surface area contributed by atoms with Crippen LogP contribution in [0.1, 0.15) is 54.0 Å². The predicted molar refractivity (Wildman–Crippen MR) is 127 cm³/mol. The van der Waals surface area contributed by atoms with Crippen LogP contribution < -0.4 is 15.2 Å². The molecule has 1 rings (SSSR count). The van der Waals surface area contributed by atoms with Crippen molar-refractivity contribution in [2.24, 2.45) is 23.5 Å². The minimum Gasteiger partial charge on any atom is -0.458 e. The number of nitrogens with two attached hydrogens (primary N) is 1. The van der Waals surface area contributed by atoms with Gasteiger partial charge in [0.05, 0.1) is 18.4 Å². The van der Waals surface area contributed by atoms with Gasteiger partial charge in [0.15, 0.2) is 11.5 Å². The number of carbonyl (C=O) groups excluding carboxylic acids is 4. The molecule has 10 nitrogen and oxygen atoms in total. The summed E-state index contributed by atoms with van der Waals surface area (Å²) in [6.07, 6.45) is -1.51. The van der Waals surface area contributed by atoms with Crippen LogP contribution in [0.15, 0.2) is 18.2 Å². The van der Waals surface area contributed by atoms with Gasteiger partial charge in [-0.25, -0.2) is 4.79 Å². The van der Waals surface area contributed by atoms with E-state index in [-0.39, 0.29) is 43.0 Å². The van der Waals surface area contributed by atoms with Gasteiger partial charge >= 0.3 is 24.1 Å². The Hall–Kier alpha value is -3.14. The van der Waals surface area contributed by atoms with E-state index in [0.717, 1.165) is 0 Å². The second kappa shape index (κ2) is 14.3. The molecular weight excluding hydrogens is 458 g/mol. The molecule has 0 spiro atoms. The van der Waals surface area contributed by atoms with E-state index in [4.69, 9.17) is 29.4 Å². The molecule has 0 amide bonds. The molecule has 0 aliphatic rings. The number of hydrogen-bond donors (Lipinski definition) is 1. The zero-order valence-corrected chi connectivity index (χ0v) is 21.5. The fraction of sp³-hybridized carbons (Fsp3) is 0.600. The zero-order valence-electron chi connectivity index (χ0n) is 21.5. The number of rotatable bonds is 12. The van der Waals surface area contributed by atoms with Gasteiger partial charge in [0.25, 0.3) is 0 Å². The summed E-state index contributed by atoms with van der Waals surface area (Å²) in [5, 5.41) is 0. The highest BCUT2D eigenvalue weighted by atomic mass is 16.7. The smallest absolute Gasteiger partial charge is 0.458 e. The maximum absolute atomic E-state index is 12.4. The average Bonchev–Trinajstić information content (AvgIpc) is 2.77. The number of benzene rings is 1. The van der Waals surface area contributed by atoms with Gasteiger partial charge in [-0.15, -0.1) is 0 Å². The van der Waals surface area contributed by atoms with Gasteiger partial charge in [0.1, 0.15) is 18.8 Å². The summed E-state index contributed by atoms with van der Waals surface area (Å²) in [4.78, 5) is 48.0. The van der Waals surface area contributed by atoms with Crippen molar-refractivity contribution in [3.05, 3.63) is 23.8 Å². The van der Waals surface area contributed by atoms with Crippen LogP contribution in [0.25, 0.3) is 0 Å². The Morgan fingerprint density at radius 2 is 1.31 bits per heavy atom. The molecule has 2 atom stereocenters. The second-order valence-corrected chi connectivity index (χ2v) is 9.26. The van der Waals surface area contributed by atoms with Crippen molar-refractivity contribution in [1.29, 1.82) is 0 Å². The predicted octanol–water partition coefficient (Wildman–Crippen LogP) is 3.42. The third-order valence-corrected chi connectivity index (χ3v) is 4.42. The topological polar surface area (TPSA) is 140 Å². The maximum Gasteiger partial charge on any atom is 0.508 e. The number of carbonyl (C=O) groups is 4. The second-order valence-electron chi connectivity index (χ2n) is 9.26. The van der Waals surface area contributed by atoms with E-state index in [0.29, 0.717) is 5.56 Å². The highest BCUT2D eigenvalue weighted by Gasteiger charge is 2.22. The summed E-state index contributed by atoms with van der Waals surface area (Å²) >= 11 is 0. The summed E-state index contributed by atoms with van der Waals surface area (Å²) in [6.45, 7) is 12.1. The van der Waals surface area contributed by atoms with Crippen LogP contribution in [0.3, 0.4) is 0 Å². The van der Waals surface area contributed by atoms with Crippen LogP contribution in [0.4, 0.5) is 4.79 Å². The Morgan fingerprint density at radius 1 is 0.771 bits per heavy atom. The van der Waals surface area contributed by atoms with Crippen LogP contribution in [0.2, 0.25) is 0 Å². The van der Waals surface area contributed by atoms with E-state index in [1.54, 1.807) is 40.7 Å². The lowest BCUT2D eigenvalue weighted by atomic mass is 10.1. The lowest BCUT2D eigenvalue weighted by Gasteiger charge is -2.18. The first-order chi connectivity index (χ1) is 16.3. The summed E-state index contributed by atoms with van der Waals surface area (Å²) in [6, 6.07) is 3.55. The molecule has 0 heterocycles. The molecule has 0 bridgehead atoms. The highest BCUT2D eigenvalue weighted by molar-refractivity contribution is 5.78. The first kappa shape index (κ1) is 29.9. The lowest BCUT2D eigenvalue weighted by molar-refractivity contribution is -0.152. The molecule has 35 heavy (non-hydrogen) atoms. The van der Waals surface area contributed by atoms with Crippen molar-refractivity contribution >= 4 is 24.1 Å². The van der Waals surface area contributed by atoms with Crippen molar-refractivity contribution in [2.75, 3.05) is 13.2 Å². The summed E-state index contributed by atoms with van der Waals surface area (Å²) < 4.78 is 25.8. The van der Waals surface area contributed by atoms with E-state index >= 15 is 0 Å². The van der Waals surface area contributed by atoms with E-state index in [1.807, 2.05) is 13.8 Å². The minimum atomic E-state index is -1.04. The van der Waals surface area contributed by atoms with Gasteiger partial charge in [0, 0.05) is 0 Å². The molecule has 0 radical (unpaired) electrons. The third kappa shape index (κ3) is 11.2. The van der Waals surface area contributed by atoms with E-state index < -0.39 is 42.1 Å². The van der Waals surface area contributed by atoms with Gasteiger partial charge in [-0.3, -0.25) is 14.4 Å². The monoisotopic (exact) mass is 495 g/mol. The average molecular weight is 496 g/mol. The standard InChI is InChI=1S/C25H37NO9/c1-14(2)12-31-25(30)32-13-17(7)33-24(29)19(26)10-18-8-9-20(34-22(27)15(3)4)21(11-18)35-23(28)16(5)6/h8-9,11,14-17,19H,10,12-13,26H2,1-7H3/t17-,19-/m0/s1. The molecule has 0 saturated carbocycles. The van der Waals surface area contributed by atoms with Crippen molar-refractivity contribution in [3.8, 4) is 11.5 Å². The van der Waals surface area contributed by atoms with Gasteiger partial charge in [0.2, 0.25) is 0 Å². The van der Waals surface area contributed by atoms with Gasteiger partial charge in [-0.1, -0.05) is 47.6 Å². The number of ether oxygens (including phenoxy) is 5.